The third-order valence-corrected chi connectivity index (χ3v) is 4.02. The Labute approximate surface area is 107 Å². The van der Waals surface area contributed by atoms with Crippen molar-refractivity contribution in [2.75, 3.05) is 0 Å². The van der Waals surface area contributed by atoms with Crippen molar-refractivity contribution in [2.24, 2.45) is 23.7 Å². The average molecular weight is 272 g/mol. The van der Waals surface area contributed by atoms with Crippen molar-refractivity contribution in [1.82, 2.24) is 0 Å². The highest BCUT2D eigenvalue weighted by atomic mass is 16.6. The zero-order valence-electron chi connectivity index (χ0n) is 9.67. The quantitative estimate of drug-likeness (QED) is 0.597. The number of hydrogen-bond acceptors (Lipinski definition) is 6. The zero-order chi connectivity index (χ0) is 14.2. The van der Waals surface area contributed by atoms with Gasteiger partial charge < -0.3 is 19.7 Å². The molecule has 2 N–H and O–H groups in total. The molecule has 2 aliphatic carbocycles. The van der Waals surface area contributed by atoms with Gasteiger partial charge in [-0.05, 0) is 6.42 Å². The fraction of sp³-hybridized carbons (Fsp3) is 0.636. The number of carboxylic acid groups (broad SMARTS) is 2. The molecule has 0 amide bonds. The Morgan fingerprint density at radius 1 is 0.895 bits per heavy atom. The third-order valence-electron chi connectivity index (χ3n) is 4.02. The first-order valence-corrected chi connectivity index (χ1v) is 5.66. The predicted octanol–water partition coefficient (Wildman–Crippen LogP) is -0.879. The van der Waals surface area contributed by atoms with Crippen molar-refractivity contribution >= 4 is 24.9 Å². The van der Waals surface area contributed by atoms with Crippen molar-refractivity contribution in [3.63, 3.8) is 0 Å². The normalized spacial score (nSPS) is 39.6. The fourth-order valence-corrected chi connectivity index (χ4v) is 3.46. The molecule has 8 heteroatoms. The highest BCUT2D eigenvalue weighted by Crippen LogP contribution is 2.54. The number of carboxylic acids is 2. The van der Waals surface area contributed by atoms with Gasteiger partial charge in [-0.25, -0.2) is 0 Å². The molecule has 6 unspecified atom stereocenters. The van der Waals surface area contributed by atoms with E-state index in [2.05, 4.69) is 0 Å². The van der Waals surface area contributed by atoms with E-state index in [-0.39, 0.29) is 19.4 Å². The smallest absolute Gasteiger partial charge is 0.307 e. The van der Waals surface area contributed by atoms with Crippen molar-refractivity contribution in [3.05, 3.63) is 0 Å². The summed E-state index contributed by atoms with van der Waals surface area (Å²) >= 11 is 0. The second kappa shape index (κ2) is 4.87. The van der Waals surface area contributed by atoms with Crippen LogP contribution in [-0.4, -0.2) is 47.3 Å². The minimum absolute atomic E-state index is 0.154. The highest BCUT2D eigenvalue weighted by molar-refractivity contribution is 5.82. The lowest BCUT2D eigenvalue weighted by atomic mass is 9.76. The molecule has 0 radical (unpaired) electrons. The SMILES string of the molecule is O=COC1C2CC(C1OC=O)C(C(=O)O)C2C(=O)O. The maximum Gasteiger partial charge on any atom is 0.307 e. The first kappa shape index (κ1) is 13.3. The highest BCUT2D eigenvalue weighted by Gasteiger charge is 2.65. The van der Waals surface area contributed by atoms with Gasteiger partial charge in [-0.3, -0.25) is 19.2 Å². The summed E-state index contributed by atoms with van der Waals surface area (Å²) in [4.78, 5) is 43.3. The number of fused-ring (bicyclic) bond motifs is 2. The Balaban J connectivity index is 2.33. The lowest BCUT2D eigenvalue weighted by Crippen LogP contribution is -2.49. The van der Waals surface area contributed by atoms with Gasteiger partial charge in [0, 0.05) is 11.8 Å². The van der Waals surface area contributed by atoms with Crippen LogP contribution in [0.3, 0.4) is 0 Å². The first-order chi connectivity index (χ1) is 9.02. The maximum absolute atomic E-state index is 11.2. The second-order valence-electron chi connectivity index (χ2n) is 4.69. The summed E-state index contributed by atoms with van der Waals surface area (Å²) in [5, 5.41) is 18.3. The summed E-state index contributed by atoms with van der Waals surface area (Å²) in [5.74, 6) is -6.08. The average Bonchev–Trinajstić information content (AvgIpc) is 2.87. The molecule has 6 atom stereocenters. The molecule has 0 saturated heterocycles. The van der Waals surface area contributed by atoms with Crippen LogP contribution in [0, 0.1) is 23.7 Å². The van der Waals surface area contributed by atoms with E-state index >= 15 is 0 Å². The van der Waals surface area contributed by atoms with E-state index in [1.54, 1.807) is 0 Å². The topological polar surface area (TPSA) is 127 Å². The Morgan fingerprint density at radius 2 is 1.26 bits per heavy atom. The lowest BCUT2D eigenvalue weighted by Gasteiger charge is -2.34. The van der Waals surface area contributed by atoms with Crippen LogP contribution in [0.25, 0.3) is 0 Å². The minimum atomic E-state index is -1.25. The molecule has 8 nitrogen and oxygen atoms in total. The molecule has 19 heavy (non-hydrogen) atoms. The van der Waals surface area contributed by atoms with Crippen molar-refractivity contribution < 1.29 is 38.9 Å². The van der Waals surface area contributed by atoms with Crippen LogP contribution >= 0.6 is 0 Å². The van der Waals surface area contributed by atoms with Crippen molar-refractivity contribution in [3.8, 4) is 0 Å². The van der Waals surface area contributed by atoms with Crippen molar-refractivity contribution in [1.29, 1.82) is 0 Å². The van der Waals surface area contributed by atoms with E-state index in [0.717, 1.165) is 0 Å². The summed E-state index contributed by atoms with van der Waals surface area (Å²) in [5.41, 5.74) is 0. The van der Waals surface area contributed by atoms with Gasteiger partial charge in [0.15, 0.2) is 0 Å². The number of ether oxygens (including phenoxy) is 2. The molecular formula is C11H12O8. The van der Waals surface area contributed by atoms with Crippen LogP contribution in [0.4, 0.5) is 0 Å². The number of rotatable bonds is 6. The Morgan fingerprint density at radius 3 is 1.53 bits per heavy atom. The van der Waals surface area contributed by atoms with E-state index in [1.165, 1.54) is 0 Å². The standard InChI is InChI=1S/C11H12O8/c12-2-18-8-4-1-5(9(8)19-3-13)7(11(16)17)6(4)10(14)15/h2-9H,1H2,(H,14,15)(H,16,17). The third kappa shape index (κ3) is 1.92. The van der Waals surface area contributed by atoms with E-state index in [9.17, 15) is 19.2 Å². The van der Waals surface area contributed by atoms with Gasteiger partial charge in [0.25, 0.3) is 12.9 Å². The summed E-state index contributed by atoms with van der Waals surface area (Å²) in [7, 11) is 0. The Kier molecular flexibility index (Phi) is 3.41. The van der Waals surface area contributed by atoms with Crippen LogP contribution in [0.2, 0.25) is 0 Å². The summed E-state index contributed by atoms with van der Waals surface area (Å²) in [6.07, 6.45) is -1.56. The fourth-order valence-electron chi connectivity index (χ4n) is 3.46. The van der Waals surface area contributed by atoms with E-state index in [0.29, 0.717) is 0 Å². The molecule has 2 aliphatic rings. The molecular weight excluding hydrogens is 260 g/mol. The lowest BCUT2D eigenvalue weighted by molar-refractivity contribution is -0.175. The molecule has 2 saturated carbocycles. The molecule has 0 aliphatic heterocycles. The summed E-state index contributed by atoms with van der Waals surface area (Å²) < 4.78 is 9.58. The first-order valence-electron chi connectivity index (χ1n) is 5.66. The zero-order valence-corrected chi connectivity index (χ0v) is 9.67. The van der Waals surface area contributed by atoms with Crippen LogP contribution in [0.1, 0.15) is 6.42 Å². The molecule has 2 bridgehead atoms. The summed E-state index contributed by atoms with van der Waals surface area (Å²) in [6.45, 7) is 0.308. The molecule has 0 spiro atoms. The van der Waals surface area contributed by atoms with Gasteiger partial charge in [0.05, 0.1) is 11.8 Å². The molecule has 2 fully saturated rings. The van der Waals surface area contributed by atoms with Gasteiger partial charge in [0.2, 0.25) is 0 Å². The molecule has 2 rings (SSSR count). The molecule has 104 valence electrons. The Bertz CT molecular complexity index is 381. The van der Waals surface area contributed by atoms with E-state index < -0.39 is 47.8 Å². The minimum Gasteiger partial charge on any atom is -0.481 e. The van der Waals surface area contributed by atoms with Crippen LogP contribution in [0.15, 0.2) is 0 Å². The Hall–Kier alpha value is -2.12. The van der Waals surface area contributed by atoms with Gasteiger partial charge >= 0.3 is 11.9 Å². The second-order valence-corrected chi connectivity index (χ2v) is 4.69. The van der Waals surface area contributed by atoms with Crippen LogP contribution < -0.4 is 0 Å². The molecule has 0 aromatic carbocycles. The molecule has 0 aromatic rings. The van der Waals surface area contributed by atoms with Gasteiger partial charge in [-0.2, -0.15) is 0 Å². The van der Waals surface area contributed by atoms with E-state index in [1.807, 2.05) is 0 Å². The number of carbonyl (C=O) groups excluding carboxylic acids is 2. The number of carbonyl (C=O) groups is 4. The number of aliphatic carboxylic acids is 2. The van der Waals surface area contributed by atoms with Crippen LogP contribution in [0.5, 0.6) is 0 Å². The number of hydrogen-bond donors (Lipinski definition) is 2. The van der Waals surface area contributed by atoms with E-state index in [4.69, 9.17) is 19.7 Å². The summed E-state index contributed by atoms with van der Waals surface area (Å²) in [6, 6.07) is 0. The molecule has 0 heterocycles. The predicted molar refractivity (Wildman–Crippen MR) is 55.7 cm³/mol. The molecule has 0 aromatic heterocycles. The van der Waals surface area contributed by atoms with Crippen LogP contribution in [-0.2, 0) is 28.7 Å². The van der Waals surface area contributed by atoms with Gasteiger partial charge in [0.1, 0.15) is 12.2 Å². The van der Waals surface area contributed by atoms with Crippen molar-refractivity contribution in [2.45, 2.75) is 18.6 Å². The maximum atomic E-state index is 11.2. The van der Waals surface area contributed by atoms with Gasteiger partial charge in [-0.1, -0.05) is 0 Å². The largest absolute Gasteiger partial charge is 0.481 e. The van der Waals surface area contributed by atoms with Gasteiger partial charge in [-0.15, -0.1) is 0 Å². The monoisotopic (exact) mass is 272 g/mol.